The smallest absolute Gasteiger partial charge is 0.365 e. The van der Waals surface area contributed by atoms with Crippen molar-refractivity contribution in [1.82, 2.24) is 4.90 Å². The van der Waals surface area contributed by atoms with Crippen molar-refractivity contribution in [3.8, 4) is 6.07 Å². The zero-order chi connectivity index (χ0) is 22.2. The Bertz CT molecular complexity index is 950. The lowest BCUT2D eigenvalue weighted by atomic mass is 9.79. The van der Waals surface area contributed by atoms with Gasteiger partial charge in [0.2, 0.25) is 11.8 Å². The summed E-state index contributed by atoms with van der Waals surface area (Å²) in [6.45, 7) is 8.54. The highest BCUT2D eigenvalue weighted by atomic mass is 19.4. The number of hydrogen-bond acceptors (Lipinski definition) is 5. The highest BCUT2D eigenvalue weighted by Crippen LogP contribution is 2.55. The summed E-state index contributed by atoms with van der Waals surface area (Å²) in [7, 11) is 0. The zero-order valence-electron chi connectivity index (χ0n) is 17.1. The van der Waals surface area contributed by atoms with E-state index >= 15 is 0 Å². The number of likely N-dealkylation sites (tertiary alicyclic amines) is 1. The largest absolute Gasteiger partial charge is 0.417 e. The molecule has 6 nitrogen and oxygen atoms in total. The molecule has 1 aromatic carbocycles. The SMILES string of the molecule is CC(C)N1C[C@@]2(C)O[C@](C)(C1)[C@H]1C(=O)N(c3ccc(C#N)c(C(F)(F)F)c3)C(=O)[C@H]12. The number of hydrogen-bond donors (Lipinski definition) is 0. The normalized spacial score (nSPS) is 33.9. The van der Waals surface area contributed by atoms with E-state index in [9.17, 15) is 22.8 Å². The van der Waals surface area contributed by atoms with Gasteiger partial charge in [-0.25, -0.2) is 4.90 Å². The van der Waals surface area contributed by atoms with Crippen LogP contribution in [0.1, 0.15) is 38.8 Å². The van der Waals surface area contributed by atoms with E-state index in [0.29, 0.717) is 19.2 Å². The summed E-state index contributed by atoms with van der Waals surface area (Å²) < 4.78 is 46.4. The Morgan fingerprint density at radius 1 is 1.13 bits per heavy atom. The molecule has 2 amide bonds. The molecule has 3 aliphatic heterocycles. The highest BCUT2D eigenvalue weighted by molar-refractivity contribution is 6.23. The van der Waals surface area contributed by atoms with E-state index in [0.717, 1.165) is 11.0 Å². The molecule has 160 valence electrons. The topological polar surface area (TPSA) is 73.6 Å². The molecule has 3 saturated heterocycles. The first-order valence-corrected chi connectivity index (χ1v) is 9.76. The molecule has 0 radical (unpaired) electrons. The Hall–Kier alpha value is -2.44. The third-order valence-electron chi connectivity index (χ3n) is 6.54. The molecule has 0 N–H and O–H groups in total. The van der Waals surface area contributed by atoms with Crippen LogP contribution in [0.15, 0.2) is 18.2 Å². The molecule has 0 aliphatic carbocycles. The first-order chi connectivity index (χ1) is 13.8. The maximum absolute atomic E-state index is 13.4. The summed E-state index contributed by atoms with van der Waals surface area (Å²) in [5.74, 6) is -2.66. The first kappa shape index (κ1) is 20.8. The molecule has 0 spiro atoms. The summed E-state index contributed by atoms with van der Waals surface area (Å²) in [5.41, 5.74) is -3.72. The highest BCUT2D eigenvalue weighted by Gasteiger charge is 2.71. The fourth-order valence-corrected chi connectivity index (χ4v) is 5.31. The van der Waals surface area contributed by atoms with E-state index in [1.807, 2.05) is 13.8 Å². The van der Waals surface area contributed by atoms with Crippen LogP contribution >= 0.6 is 0 Å². The van der Waals surface area contributed by atoms with E-state index in [2.05, 4.69) is 4.90 Å². The minimum Gasteiger partial charge on any atom is -0.365 e. The van der Waals surface area contributed by atoms with Gasteiger partial charge in [-0.2, -0.15) is 18.4 Å². The molecular formula is C21H22F3N3O3. The van der Waals surface area contributed by atoms with Crippen LogP contribution in [0.25, 0.3) is 0 Å². The number of amides is 2. The fourth-order valence-electron chi connectivity index (χ4n) is 5.31. The van der Waals surface area contributed by atoms with E-state index in [1.54, 1.807) is 13.8 Å². The number of alkyl halides is 3. The zero-order valence-corrected chi connectivity index (χ0v) is 17.1. The lowest BCUT2D eigenvalue weighted by Gasteiger charge is -2.46. The standard InChI is InChI=1S/C21H22F3N3O3/c1-11(2)26-9-19(3)15-16(20(4,10-26)30-19)18(29)27(17(15)28)13-6-5-12(8-25)14(7-13)21(22,23)24/h5-7,11,15-16H,9-10H2,1-4H3/t15-,16+,19-,20-/m1/s1. The van der Waals surface area contributed by atoms with Crippen molar-refractivity contribution in [2.24, 2.45) is 11.8 Å². The minimum absolute atomic E-state index is 0.170. The third-order valence-corrected chi connectivity index (χ3v) is 6.54. The molecule has 0 saturated carbocycles. The van der Waals surface area contributed by atoms with Gasteiger partial charge < -0.3 is 4.74 Å². The number of morpholine rings is 1. The summed E-state index contributed by atoms with van der Waals surface area (Å²) in [5, 5.41) is 9.00. The number of ether oxygens (including phenoxy) is 1. The Morgan fingerprint density at radius 2 is 1.67 bits per heavy atom. The number of nitriles is 1. The van der Waals surface area contributed by atoms with E-state index in [1.165, 1.54) is 12.1 Å². The number of fused-ring (bicyclic) bond motifs is 5. The number of carbonyl (C=O) groups excluding carboxylic acids is 2. The Labute approximate surface area is 172 Å². The summed E-state index contributed by atoms with van der Waals surface area (Å²) >= 11 is 0. The van der Waals surface area contributed by atoms with Crippen molar-refractivity contribution < 1.29 is 27.5 Å². The van der Waals surface area contributed by atoms with Crippen LogP contribution in [0.5, 0.6) is 0 Å². The second kappa shape index (κ2) is 6.28. The van der Waals surface area contributed by atoms with Crippen molar-refractivity contribution in [1.29, 1.82) is 5.26 Å². The maximum atomic E-state index is 13.4. The van der Waals surface area contributed by atoms with Gasteiger partial charge in [-0.3, -0.25) is 14.5 Å². The van der Waals surface area contributed by atoms with Crippen molar-refractivity contribution in [3.05, 3.63) is 29.3 Å². The van der Waals surface area contributed by atoms with Crippen molar-refractivity contribution in [2.45, 2.75) is 51.1 Å². The molecule has 4 atom stereocenters. The van der Waals surface area contributed by atoms with E-state index in [-0.39, 0.29) is 11.7 Å². The van der Waals surface area contributed by atoms with Crippen LogP contribution in [-0.2, 0) is 20.5 Å². The van der Waals surface area contributed by atoms with Gasteiger partial charge in [-0.05, 0) is 45.9 Å². The Morgan fingerprint density at radius 3 is 2.10 bits per heavy atom. The van der Waals surface area contributed by atoms with E-state index in [4.69, 9.17) is 10.00 Å². The number of carbonyl (C=O) groups is 2. The lowest BCUT2D eigenvalue weighted by molar-refractivity contribution is -0.173. The van der Waals surface area contributed by atoms with Crippen LogP contribution in [0, 0.1) is 23.2 Å². The Balaban J connectivity index is 1.77. The quantitative estimate of drug-likeness (QED) is 0.687. The molecule has 4 rings (SSSR count). The van der Waals surface area contributed by atoms with Crippen molar-refractivity contribution in [3.63, 3.8) is 0 Å². The third kappa shape index (κ3) is 2.77. The predicted molar refractivity (Wildman–Crippen MR) is 100 cm³/mol. The second-order valence-corrected chi connectivity index (χ2v) is 9.03. The van der Waals surface area contributed by atoms with Crippen LogP contribution in [0.2, 0.25) is 0 Å². The number of rotatable bonds is 2. The Kier molecular flexibility index (Phi) is 4.36. The minimum atomic E-state index is -4.78. The van der Waals surface area contributed by atoms with Gasteiger partial charge in [0, 0.05) is 19.1 Å². The molecule has 2 bridgehead atoms. The average Bonchev–Trinajstić information content (AvgIpc) is 3.00. The number of anilines is 1. The van der Waals surface area contributed by atoms with Gasteiger partial charge in [0.1, 0.15) is 0 Å². The molecule has 3 fully saturated rings. The molecular weight excluding hydrogens is 399 g/mol. The maximum Gasteiger partial charge on any atom is 0.417 e. The van der Waals surface area contributed by atoms with Crippen LogP contribution in [0.4, 0.5) is 18.9 Å². The van der Waals surface area contributed by atoms with E-state index < -0.39 is 52.2 Å². The summed E-state index contributed by atoms with van der Waals surface area (Å²) in [6, 6.07) is 4.62. The van der Waals surface area contributed by atoms with Gasteiger partial charge >= 0.3 is 6.18 Å². The number of halogens is 3. The van der Waals surface area contributed by atoms with Crippen molar-refractivity contribution >= 4 is 17.5 Å². The monoisotopic (exact) mass is 421 g/mol. The van der Waals surface area contributed by atoms with Crippen LogP contribution < -0.4 is 4.90 Å². The molecule has 1 aromatic rings. The second-order valence-electron chi connectivity index (χ2n) is 9.03. The summed E-state index contributed by atoms with van der Waals surface area (Å²) in [6.07, 6.45) is -4.78. The molecule has 30 heavy (non-hydrogen) atoms. The predicted octanol–water partition coefficient (Wildman–Crippen LogP) is 2.95. The number of benzene rings is 1. The average molecular weight is 421 g/mol. The molecule has 3 aliphatic rings. The van der Waals surface area contributed by atoms with Gasteiger partial charge in [0.25, 0.3) is 0 Å². The molecule has 0 unspecified atom stereocenters. The summed E-state index contributed by atoms with van der Waals surface area (Å²) in [4.78, 5) is 29.7. The molecule has 3 heterocycles. The van der Waals surface area contributed by atoms with Gasteiger partial charge in [-0.1, -0.05) is 0 Å². The van der Waals surface area contributed by atoms with Crippen LogP contribution in [-0.4, -0.2) is 47.0 Å². The number of imide groups is 1. The molecule has 0 aromatic heterocycles. The first-order valence-electron chi connectivity index (χ1n) is 9.76. The van der Waals surface area contributed by atoms with Gasteiger partial charge in [0.05, 0.1) is 45.9 Å². The van der Waals surface area contributed by atoms with Gasteiger partial charge in [-0.15, -0.1) is 0 Å². The fraction of sp³-hybridized carbons (Fsp3) is 0.571. The van der Waals surface area contributed by atoms with Gasteiger partial charge in [0.15, 0.2) is 0 Å². The number of nitrogens with zero attached hydrogens (tertiary/aromatic N) is 3. The molecule has 9 heteroatoms. The lowest BCUT2D eigenvalue weighted by Crippen LogP contribution is -2.59. The van der Waals surface area contributed by atoms with Crippen molar-refractivity contribution in [2.75, 3.05) is 18.0 Å². The van der Waals surface area contributed by atoms with Crippen LogP contribution in [0.3, 0.4) is 0 Å².